The fraction of sp³-hybridized carbons (Fsp3) is 0.350. The summed E-state index contributed by atoms with van der Waals surface area (Å²) in [6, 6.07) is 9.88. The first kappa shape index (κ1) is 18.1. The first-order valence-electron chi connectivity index (χ1n) is 9.54. The van der Waals surface area contributed by atoms with Gasteiger partial charge in [0.15, 0.2) is 0 Å². The second-order valence-electron chi connectivity index (χ2n) is 6.92. The summed E-state index contributed by atoms with van der Waals surface area (Å²) in [6.07, 6.45) is 10.3. The zero-order chi connectivity index (χ0) is 19.2. The Morgan fingerprint density at radius 3 is 2.79 bits per heavy atom. The van der Waals surface area contributed by atoms with Crippen LogP contribution >= 0.6 is 0 Å². The minimum absolute atomic E-state index is 0.0644. The molecule has 0 radical (unpaired) electrons. The van der Waals surface area contributed by atoms with Crippen molar-refractivity contribution in [2.24, 2.45) is 0 Å². The third-order valence-corrected chi connectivity index (χ3v) is 4.84. The highest BCUT2D eigenvalue weighted by Gasteiger charge is 2.26. The molecule has 1 aliphatic rings. The van der Waals surface area contributed by atoms with E-state index in [1.807, 2.05) is 36.5 Å². The zero-order valence-electron chi connectivity index (χ0n) is 15.5. The van der Waals surface area contributed by atoms with Gasteiger partial charge >= 0.3 is 0 Å². The molecule has 144 valence electrons. The van der Waals surface area contributed by atoms with Gasteiger partial charge in [-0.25, -0.2) is 9.97 Å². The number of nitrogens with zero attached hydrogens (tertiary/aromatic N) is 5. The van der Waals surface area contributed by atoms with E-state index in [2.05, 4.69) is 30.7 Å². The smallest absolute Gasteiger partial charge is 0.223 e. The van der Waals surface area contributed by atoms with E-state index in [-0.39, 0.29) is 18.0 Å². The van der Waals surface area contributed by atoms with Gasteiger partial charge in [0.1, 0.15) is 0 Å². The van der Waals surface area contributed by atoms with Gasteiger partial charge in [0.25, 0.3) is 0 Å². The average Bonchev–Trinajstić information content (AvgIpc) is 3.39. The van der Waals surface area contributed by atoms with Gasteiger partial charge in [0, 0.05) is 49.8 Å². The maximum absolute atomic E-state index is 12.2. The Morgan fingerprint density at radius 1 is 1.04 bits per heavy atom. The number of nitrogens with one attached hydrogen (secondary N) is 2. The molecule has 2 atom stereocenters. The molecular weight excluding hydrogens is 354 g/mol. The van der Waals surface area contributed by atoms with Gasteiger partial charge in [-0.2, -0.15) is 5.10 Å². The number of anilines is 1. The minimum Gasteiger partial charge on any atom is -0.353 e. The molecule has 8 nitrogen and oxygen atoms in total. The second-order valence-corrected chi connectivity index (χ2v) is 6.92. The van der Waals surface area contributed by atoms with Crippen molar-refractivity contribution < 1.29 is 4.79 Å². The maximum atomic E-state index is 12.2. The van der Waals surface area contributed by atoms with Gasteiger partial charge in [0.2, 0.25) is 11.9 Å². The fourth-order valence-electron chi connectivity index (χ4n) is 3.46. The zero-order valence-corrected chi connectivity index (χ0v) is 15.5. The quantitative estimate of drug-likeness (QED) is 0.656. The number of pyridine rings is 1. The highest BCUT2D eigenvalue weighted by Crippen LogP contribution is 2.23. The van der Waals surface area contributed by atoms with Crippen LogP contribution in [0.1, 0.15) is 25.7 Å². The predicted molar refractivity (Wildman–Crippen MR) is 105 cm³/mol. The van der Waals surface area contributed by atoms with E-state index >= 15 is 0 Å². The standard InChI is InChI=1S/C20H23N7O/c28-19(8-13-27-12-3-10-23-27)24-15-5-6-16(14-15)25-20-22-11-7-18(26-20)17-4-1-2-9-21-17/h1-4,7,9-12,15-16H,5-6,8,13-14H2,(H,24,28)(H,22,25,26). The van der Waals surface area contributed by atoms with E-state index in [1.165, 1.54) is 0 Å². The first-order valence-corrected chi connectivity index (χ1v) is 9.54. The highest BCUT2D eigenvalue weighted by atomic mass is 16.1. The molecule has 1 aliphatic carbocycles. The molecular formula is C20H23N7O. The lowest BCUT2D eigenvalue weighted by Gasteiger charge is -2.15. The van der Waals surface area contributed by atoms with Crippen molar-refractivity contribution in [3.8, 4) is 11.4 Å². The Hall–Kier alpha value is -3.29. The van der Waals surface area contributed by atoms with E-state index in [4.69, 9.17) is 0 Å². The summed E-state index contributed by atoms with van der Waals surface area (Å²) in [6.45, 7) is 0.599. The van der Waals surface area contributed by atoms with Gasteiger partial charge in [-0.15, -0.1) is 0 Å². The molecule has 0 bridgehead atoms. The largest absolute Gasteiger partial charge is 0.353 e. The lowest BCUT2D eigenvalue weighted by molar-refractivity contribution is -0.122. The van der Waals surface area contributed by atoms with E-state index in [0.29, 0.717) is 18.9 Å². The third kappa shape index (κ3) is 4.70. The lowest BCUT2D eigenvalue weighted by atomic mass is 10.2. The Balaban J connectivity index is 1.27. The third-order valence-electron chi connectivity index (χ3n) is 4.84. The number of aryl methyl sites for hydroxylation is 1. The minimum atomic E-state index is 0.0644. The van der Waals surface area contributed by atoms with E-state index in [1.54, 1.807) is 23.3 Å². The molecule has 1 fully saturated rings. The van der Waals surface area contributed by atoms with Crippen LogP contribution in [-0.2, 0) is 11.3 Å². The second kappa shape index (κ2) is 8.60. The van der Waals surface area contributed by atoms with Gasteiger partial charge in [-0.05, 0) is 43.5 Å². The van der Waals surface area contributed by atoms with Crippen molar-refractivity contribution in [2.75, 3.05) is 5.32 Å². The number of carbonyl (C=O) groups excluding carboxylic acids is 1. The number of rotatable bonds is 7. The van der Waals surface area contributed by atoms with Crippen molar-refractivity contribution in [1.82, 2.24) is 30.0 Å². The lowest BCUT2D eigenvalue weighted by Crippen LogP contribution is -2.34. The average molecular weight is 377 g/mol. The Kier molecular flexibility index (Phi) is 5.56. The monoisotopic (exact) mass is 377 g/mol. The van der Waals surface area contributed by atoms with Crippen LogP contribution in [0.3, 0.4) is 0 Å². The van der Waals surface area contributed by atoms with Crippen LogP contribution in [0.4, 0.5) is 5.95 Å². The van der Waals surface area contributed by atoms with E-state index in [9.17, 15) is 4.79 Å². The van der Waals surface area contributed by atoms with Crippen molar-refractivity contribution in [3.63, 3.8) is 0 Å². The molecule has 3 heterocycles. The summed E-state index contributed by atoms with van der Waals surface area (Å²) in [7, 11) is 0. The van der Waals surface area contributed by atoms with Gasteiger partial charge < -0.3 is 10.6 Å². The van der Waals surface area contributed by atoms with Crippen LogP contribution < -0.4 is 10.6 Å². The molecule has 0 aromatic carbocycles. The predicted octanol–water partition coefficient (Wildman–Crippen LogP) is 2.27. The Labute approximate surface area is 163 Å². The van der Waals surface area contributed by atoms with Gasteiger partial charge in [-0.3, -0.25) is 14.5 Å². The molecule has 0 spiro atoms. The number of amides is 1. The van der Waals surface area contributed by atoms with Crippen LogP contribution in [-0.4, -0.2) is 42.7 Å². The molecule has 28 heavy (non-hydrogen) atoms. The summed E-state index contributed by atoms with van der Waals surface area (Å²) in [4.78, 5) is 25.4. The Bertz CT molecular complexity index is 898. The fourth-order valence-corrected chi connectivity index (χ4v) is 3.46. The molecule has 3 aromatic heterocycles. The van der Waals surface area contributed by atoms with Crippen molar-refractivity contribution in [3.05, 3.63) is 55.1 Å². The van der Waals surface area contributed by atoms with Crippen molar-refractivity contribution >= 4 is 11.9 Å². The molecule has 1 saturated carbocycles. The van der Waals surface area contributed by atoms with Crippen LogP contribution in [0.25, 0.3) is 11.4 Å². The molecule has 8 heteroatoms. The summed E-state index contributed by atoms with van der Waals surface area (Å²) < 4.78 is 1.77. The first-order chi connectivity index (χ1) is 13.8. The molecule has 0 saturated heterocycles. The van der Waals surface area contributed by atoms with Gasteiger partial charge in [0.05, 0.1) is 11.4 Å². The SMILES string of the molecule is O=C(CCn1cccn1)NC1CCC(Nc2nccc(-c3ccccn3)n2)C1. The summed E-state index contributed by atoms with van der Waals surface area (Å²) in [5, 5.41) is 10.6. The van der Waals surface area contributed by atoms with Crippen molar-refractivity contribution in [2.45, 2.75) is 44.3 Å². The summed E-state index contributed by atoms with van der Waals surface area (Å²) >= 11 is 0. The molecule has 3 aromatic rings. The molecule has 4 rings (SSSR count). The van der Waals surface area contributed by atoms with Crippen LogP contribution in [0.2, 0.25) is 0 Å². The van der Waals surface area contributed by atoms with E-state index in [0.717, 1.165) is 30.7 Å². The van der Waals surface area contributed by atoms with E-state index < -0.39 is 0 Å². The van der Waals surface area contributed by atoms with Crippen molar-refractivity contribution in [1.29, 1.82) is 0 Å². The molecule has 1 amide bonds. The normalized spacial score (nSPS) is 18.7. The van der Waals surface area contributed by atoms with Crippen LogP contribution in [0.5, 0.6) is 0 Å². The number of hydrogen-bond donors (Lipinski definition) is 2. The van der Waals surface area contributed by atoms with Gasteiger partial charge in [-0.1, -0.05) is 6.07 Å². The highest BCUT2D eigenvalue weighted by molar-refractivity contribution is 5.76. The number of carbonyl (C=O) groups is 1. The summed E-state index contributed by atoms with van der Waals surface area (Å²) in [5.41, 5.74) is 1.61. The van der Waals surface area contributed by atoms with Crippen LogP contribution in [0.15, 0.2) is 55.1 Å². The topological polar surface area (TPSA) is 97.6 Å². The Morgan fingerprint density at radius 2 is 1.96 bits per heavy atom. The van der Waals surface area contributed by atoms with Crippen LogP contribution in [0, 0.1) is 0 Å². The number of hydrogen-bond acceptors (Lipinski definition) is 6. The number of aromatic nitrogens is 5. The molecule has 2 unspecified atom stereocenters. The molecule has 2 N–H and O–H groups in total. The maximum Gasteiger partial charge on any atom is 0.223 e. The summed E-state index contributed by atoms with van der Waals surface area (Å²) in [5.74, 6) is 0.661. The molecule has 0 aliphatic heterocycles.